The molecule has 5 heteroatoms. The summed E-state index contributed by atoms with van der Waals surface area (Å²) in [4.78, 5) is 2.60. The van der Waals surface area contributed by atoms with Crippen LogP contribution in [0.15, 0.2) is 23.8 Å². The van der Waals surface area contributed by atoms with Gasteiger partial charge in [-0.05, 0) is 155 Å². The number of ether oxygens (including phenoxy) is 4. The molecule has 0 N–H and O–H groups in total. The molecule has 0 radical (unpaired) electrons. The number of likely N-dealkylation sites (tertiary alicyclic amines) is 1. The molecule has 366 valence electrons. The van der Waals surface area contributed by atoms with E-state index in [9.17, 15) is 0 Å². The Morgan fingerprint density at radius 3 is 2.21 bits per heavy atom. The maximum atomic E-state index is 6.53. The van der Waals surface area contributed by atoms with E-state index >= 15 is 0 Å². The number of nitrogens with zero attached hydrogens (tertiary/aromatic N) is 1. The fraction of sp³-hybridized carbons (Fsp3) is 0.931. The van der Waals surface area contributed by atoms with Crippen molar-refractivity contribution in [1.82, 2.24) is 4.90 Å². The lowest BCUT2D eigenvalue weighted by Crippen LogP contribution is -2.51. The van der Waals surface area contributed by atoms with Crippen molar-refractivity contribution in [2.75, 3.05) is 59.3 Å². The summed E-state index contributed by atoms with van der Waals surface area (Å²) < 4.78 is 25.3. The maximum Gasteiger partial charge on any atom is 0.0936 e. The van der Waals surface area contributed by atoms with E-state index in [1.807, 2.05) is 0 Å². The van der Waals surface area contributed by atoms with E-state index < -0.39 is 0 Å². The predicted octanol–water partition coefficient (Wildman–Crippen LogP) is 15.6. The summed E-state index contributed by atoms with van der Waals surface area (Å²) in [6.07, 6.45) is 44.5. The van der Waals surface area contributed by atoms with E-state index in [4.69, 9.17) is 18.9 Å². The SMILES string of the molecule is CCCCCCCCC=CCCCCCCCCOCC(CN1CCCC(C)C1)OCCOCCO[C@H]1CC[C@@]2(C)C(=CC[C@H]3[C@@H]4CC[C@H]([C@H](C)CCCC(C)C)[C@@]4(C)CC[C@@H]32)C1. The van der Waals surface area contributed by atoms with Crippen molar-refractivity contribution in [2.24, 2.45) is 52.3 Å². The normalized spacial score (nSPS) is 31.0. The number of fused-ring (bicyclic) bond motifs is 5. The molecule has 0 aromatic rings. The van der Waals surface area contributed by atoms with Crippen molar-refractivity contribution in [3.8, 4) is 0 Å². The van der Waals surface area contributed by atoms with Crippen LogP contribution in [0, 0.1) is 52.3 Å². The summed E-state index contributed by atoms with van der Waals surface area (Å²) in [5, 5.41) is 0. The van der Waals surface area contributed by atoms with Gasteiger partial charge in [0.2, 0.25) is 0 Å². The van der Waals surface area contributed by atoms with Crippen LogP contribution in [0.25, 0.3) is 0 Å². The van der Waals surface area contributed by atoms with Crippen molar-refractivity contribution < 1.29 is 18.9 Å². The second kappa shape index (κ2) is 29.2. The summed E-state index contributed by atoms with van der Waals surface area (Å²) in [7, 11) is 0. The van der Waals surface area contributed by atoms with Crippen LogP contribution in [0.4, 0.5) is 0 Å². The van der Waals surface area contributed by atoms with Crippen LogP contribution in [-0.4, -0.2) is 76.4 Å². The van der Waals surface area contributed by atoms with Gasteiger partial charge < -0.3 is 23.8 Å². The molecule has 0 aromatic carbocycles. The molecular weight excluding hydrogens is 775 g/mol. The van der Waals surface area contributed by atoms with E-state index in [0.717, 1.165) is 67.4 Å². The third-order valence-electron chi connectivity index (χ3n) is 17.7. The molecule has 5 aliphatic rings. The number of unbranched alkanes of at least 4 members (excludes halogenated alkanes) is 12. The lowest BCUT2D eigenvalue weighted by Gasteiger charge is -2.58. The van der Waals surface area contributed by atoms with Gasteiger partial charge in [0.25, 0.3) is 0 Å². The quantitative estimate of drug-likeness (QED) is 0.0485. The first kappa shape index (κ1) is 53.2. The summed E-state index contributed by atoms with van der Waals surface area (Å²) in [5.74, 6) is 6.14. The molecule has 5 rings (SSSR count). The molecule has 4 fully saturated rings. The molecule has 1 saturated heterocycles. The van der Waals surface area contributed by atoms with Gasteiger partial charge in [-0.1, -0.05) is 149 Å². The van der Waals surface area contributed by atoms with Crippen LogP contribution in [-0.2, 0) is 18.9 Å². The Bertz CT molecular complexity index is 1270. The van der Waals surface area contributed by atoms with Gasteiger partial charge in [0, 0.05) is 19.7 Å². The van der Waals surface area contributed by atoms with E-state index in [-0.39, 0.29) is 6.10 Å². The number of piperidine rings is 1. The highest BCUT2D eigenvalue weighted by Crippen LogP contribution is 2.67. The molecule has 10 atom stereocenters. The Morgan fingerprint density at radius 1 is 0.730 bits per heavy atom. The minimum absolute atomic E-state index is 0.111. The van der Waals surface area contributed by atoms with Crippen molar-refractivity contribution in [3.63, 3.8) is 0 Å². The lowest BCUT2D eigenvalue weighted by atomic mass is 9.47. The monoisotopic (exact) mass is 880 g/mol. The zero-order valence-corrected chi connectivity index (χ0v) is 43.0. The van der Waals surface area contributed by atoms with Gasteiger partial charge in [-0.15, -0.1) is 0 Å². The number of hydrogen-bond acceptors (Lipinski definition) is 5. The van der Waals surface area contributed by atoms with Gasteiger partial charge >= 0.3 is 0 Å². The molecular formula is C58H105NO4. The van der Waals surface area contributed by atoms with Gasteiger partial charge in [0.15, 0.2) is 0 Å². The Balaban J connectivity index is 0.918. The first-order chi connectivity index (χ1) is 30.6. The fourth-order valence-electron chi connectivity index (χ4n) is 14.0. The fourth-order valence-corrected chi connectivity index (χ4v) is 14.0. The Labute approximate surface area is 391 Å². The average molecular weight is 880 g/mol. The molecule has 5 nitrogen and oxygen atoms in total. The first-order valence-corrected chi connectivity index (χ1v) is 28.1. The molecule has 0 aromatic heterocycles. The standard InChI is InChI=1S/C58H105NO4/c1-8-9-10-11-12-13-14-15-16-17-18-19-20-21-22-23-38-61-46-52(45-59-37-25-27-48(4)44-59)63-42-40-60-39-41-62-51-33-35-57(6)50(43-51)29-30-53-55-32-31-54(49(5)28-24-26-47(2)3)58(55,7)36-34-56(53)57/h15-16,29,47-49,51-56H,8-14,17-28,30-46H2,1-7H3/t48?,49-,51+,52?,53+,54-,55+,56+,57+,58-/m1/s1. The van der Waals surface area contributed by atoms with Gasteiger partial charge in [-0.3, -0.25) is 0 Å². The molecule has 1 aliphatic heterocycles. The van der Waals surface area contributed by atoms with E-state index in [1.54, 1.807) is 5.57 Å². The van der Waals surface area contributed by atoms with Crippen LogP contribution < -0.4 is 0 Å². The van der Waals surface area contributed by atoms with Crippen LogP contribution in [0.5, 0.6) is 0 Å². The molecule has 0 amide bonds. The second-order valence-corrected chi connectivity index (χ2v) is 23.2. The number of allylic oxidation sites excluding steroid dienone is 3. The highest BCUT2D eigenvalue weighted by Gasteiger charge is 2.59. The van der Waals surface area contributed by atoms with Crippen LogP contribution in [0.3, 0.4) is 0 Å². The van der Waals surface area contributed by atoms with Crippen molar-refractivity contribution in [1.29, 1.82) is 0 Å². The van der Waals surface area contributed by atoms with Crippen LogP contribution in [0.2, 0.25) is 0 Å². The molecule has 4 aliphatic carbocycles. The Kier molecular flexibility index (Phi) is 24.7. The van der Waals surface area contributed by atoms with E-state index in [2.05, 4.69) is 71.6 Å². The summed E-state index contributed by atoms with van der Waals surface area (Å²) in [6, 6.07) is 0. The highest BCUT2D eigenvalue weighted by molar-refractivity contribution is 5.25. The van der Waals surface area contributed by atoms with Crippen molar-refractivity contribution in [3.05, 3.63) is 23.8 Å². The van der Waals surface area contributed by atoms with E-state index in [1.165, 1.54) is 174 Å². The second-order valence-electron chi connectivity index (χ2n) is 23.2. The van der Waals surface area contributed by atoms with Gasteiger partial charge in [-0.2, -0.15) is 0 Å². The first-order valence-electron chi connectivity index (χ1n) is 28.1. The number of hydrogen-bond donors (Lipinski definition) is 0. The highest BCUT2D eigenvalue weighted by atomic mass is 16.6. The molecule has 0 bridgehead atoms. The molecule has 2 unspecified atom stereocenters. The minimum Gasteiger partial charge on any atom is -0.379 e. The van der Waals surface area contributed by atoms with Crippen LogP contribution >= 0.6 is 0 Å². The van der Waals surface area contributed by atoms with Crippen molar-refractivity contribution in [2.45, 2.75) is 234 Å². The molecule has 1 heterocycles. The van der Waals surface area contributed by atoms with E-state index in [0.29, 0.717) is 50.0 Å². The largest absolute Gasteiger partial charge is 0.379 e. The van der Waals surface area contributed by atoms with Crippen molar-refractivity contribution >= 4 is 0 Å². The third-order valence-corrected chi connectivity index (χ3v) is 17.7. The molecule has 3 saturated carbocycles. The summed E-state index contributed by atoms with van der Waals surface area (Å²) in [6.45, 7) is 24.9. The van der Waals surface area contributed by atoms with Crippen LogP contribution in [0.1, 0.15) is 222 Å². The van der Waals surface area contributed by atoms with Gasteiger partial charge in [0.1, 0.15) is 0 Å². The smallest absolute Gasteiger partial charge is 0.0936 e. The molecule has 0 spiro atoms. The topological polar surface area (TPSA) is 40.2 Å². The summed E-state index contributed by atoms with van der Waals surface area (Å²) in [5.41, 5.74) is 2.68. The third kappa shape index (κ3) is 17.4. The number of rotatable bonds is 33. The molecule has 63 heavy (non-hydrogen) atoms. The van der Waals surface area contributed by atoms with Gasteiger partial charge in [0.05, 0.1) is 45.2 Å². The summed E-state index contributed by atoms with van der Waals surface area (Å²) >= 11 is 0. The Hall–Kier alpha value is -0.720. The van der Waals surface area contributed by atoms with Gasteiger partial charge in [-0.25, -0.2) is 0 Å². The lowest BCUT2D eigenvalue weighted by molar-refractivity contribution is -0.0741. The average Bonchev–Trinajstić information content (AvgIpc) is 3.62. The Morgan fingerprint density at radius 2 is 1.46 bits per heavy atom. The zero-order valence-electron chi connectivity index (χ0n) is 43.0. The maximum absolute atomic E-state index is 6.53. The zero-order chi connectivity index (χ0) is 44.8. The minimum atomic E-state index is 0.111. The predicted molar refractivity (Wildman–Crippen MR) is 268 cm³/mol.